The van der Waals surface area contributed by atoms with Crippen molar-refractivity contribution in [3.05, 3.63) is 63.5 Å². The van der Waals surface area contributed by atoms with E-state index in [-0.39, 0.29) is 17.3 Å². The first kappa shape index (κ1) is 21.9. The van der Waals surface area contributed by atoms with Gasteiger partial charge in [-0.15, -0.1) is 5.10 Å². The van der Waals surface area contributed by atoms with Gasteiger partial charge in [0.05, 0.1) is 28.3 Å². The van der Waals surface area contributed by atoms with Gasteiger partial charge in [0.1, 0.15) is 5.82 Å². The second-order valence-electron chi connectivity index (χ2n) is 8.24. The van der Waals surface area contributed by atoms with Gasteiger partial charge in [-0.05, 0) is 39.8 Å². The number of fused-ring (bicyclic) bond motifs is 2. The van der Waals surface area contributed by atoms with Gasteiger partial charge < -0.3 is 5.32 Å². The Labute approximate surface area is 182 Å². The van der Waals surface area contributed by atoms with Gasteiger partial charge >= 0.3 is 5.69 Å². The number of aromatic nitrogens is 4. The van der Waals surface area contributed by atoms with Crippen LogP contribution in [0.25, 0.3) is 21.8 Å². The van der Waals surface area contributed by atoms with Crippen molar-refractivity contribution < 1.29 is 13.2 Å². The number of hydrogen-bond donors (Lipinski definition) is 1. The number of aryl methyl sites for hydroxylation is 2. The van der Waals surface area contributed by atoms with E-state index in [1.54, 1.807) is 23.1 Å². The lowest BCUT2D eigenvalue weighted by Gasteiger charge is -2.18. The molecule has 0 fully saturated rings. The Morgan fingerprint density at radius 2 is 1.66 bits per heavy atom. The molecule has 0 aliphatic heterocycles. The van der Waals surface area contributed by atoms with Crippen LogP contribution in [0.5, 0.6) is 0 Å². The normalized spacial score (nSPS) is 12.9. The molecule has 0 radical (unpaired) electrons. The van der Waals surface area contributed by atoms with Gasteiger partial charge in [-0.1, -0.05) is 18.2 Å². The van der Waals surface area contributed by atoms with Crippen LogP contribution in [0.2, 0.25) is 0 Å². The maximum absolute atomic E-state index is 14.7. The van der Waals surface area contributed by atoms with Crippen molar-refractivity contribution >= 4 is 27.6 Å². The molecule has 0 amide bonds. The van der Waals surface area contributed by atoms with E-state index in [1.807, 2.05) is 32.9 Å². The smallest absolute Gasteiger partial charge is 0.329 e. The summed E-state index contributed by atoms with van der Waals surface area (Å²) in [6.07, 6.45) is -2.90. The Kier molecular flexibility index (Phi) is 5.44. The number of hydrogen-bond acceptors (Lipinski definition) is 4. The molecule has 2 aromatic carbocycles. The van der Waals surface area contributed by atoms with E-state index in [2.05, 4.69) is 15.5 Å². The molecule has 1 atom stereocenters. The van der Waals surface area contributed by atoms with Crippen LogP contribution in [0.3, 0.4) is 0 Å². The summed E-state index contributed by atoms with van der Waals surface area (Å²) >= 11 is 0. The van der Waals surface area contributed by atoms with Crippen LogP contribution in [0.1, 0.15) is 56.1 Å². The third-order valence-electron chi connectivity index (χ3n) is 5.80. The highest BCUT2D eigenvalue weighted by Gasteiger charge is 2.21. The maximum atomic E-state index is 14.7. The molecule has 0 saturated carbocycles. The molecule has 0 spiro atoms. The SMILES string of the molecule is Cc1nnc(N[C@H](C)c2cccc(C(F)F)c2F)c2cc3c(cc12)n(C)c(=O)n3C(C)C. The first-order valence-electron chi connectivity index (χ1n) is 10.3. The molecule has 0 aliphatic carbocycles. The molecule has 32 heavy (non-hydrogen) atoms. The first-order chi connectivity index (χ1) is 15.1. The fourth-order valence-electron chi connectivity index (χ4n) is 4.09. The van der Waals surface area contributed by atoms with Crippen molar-refractivity contribution in [3.63, 3.8) is 0 Å². The lowest BCUT2D eigenvalue weighted by Crippen LogP contribution is -2.23. The molecule has 4 aromatic rings. The van der Waals surface area contributed by atoms with Crippen LogP contribution < -0.4 is 11.0 Å². The molecule has 0 unspecified atom stereocenters. The molecule has 2 aromatic heterocycles. The average Bonchev–Trinajstić information content (AvgIpc) is 2.98. The quantitative estimate of drug-likeness (QED) is 0.447. The predicted octanol–water partition coefficient (Wildman–Crippen LogP) is 5.42. The molecule has 0 bridgehead atoms. The Balaban J connectivity index is 1.88. The van der Waals surface area contributed by atoms with Crippen LogP contribution >= 0.6 is 0 Å². The molecule has 0 aliphatic rings. The predicted molar refractivity (Wildman–Crippen MR) is 119 cm³/mol. The van der Waals surface area contributed by atoms with E-state index < -0.39 is 23.8 Å². The average molecular weight is 443 g/mol. The minimum atomic E-state index is -2.90. The van der Waals surface area contributed by atoms with E-state index in [4.69, 9.17) is 0 Å². The Hall–Kier alpha value is -3.36. The lowest BCUT2D eigenvalue weighted by atomic mass is 10.0. The molecule has 4 rings (SSSR count). The Bertz CT molecular complexity index is 1390. The molecule has 0 saturated heterocycles. The van der Waals surface area contributed by atoms with Gasteiger partial charge in [0, 0.05) is 29.4 Å². The van der Waals surface area contributed by atoms with E-state index in [0.29, 0.717) is 16.9 Å². The molecule has 9 heteroatoms. The highest BCUT2D eigenvalue weighted by Crippen LogP contribution is 2.32. The van der Waals surface area contributed by atoms with Crippen molar-refractivity contribution in [1.29, 1.82) is 0 Å². The summed E-state index contributed by atoms with van der Waals surface area (Å²) in [6.45, 7) is 7.35. The highest BCUT2D eigenvalue weighted by atomic mass is 19.3. The number of benzene rings is 2. The second kappa shape index (κ2) is 7.96. The van der Waals surface area contributed by atoms with E-state index in [0.717, 1.165) is 22.5 Å². The Morgan fingerprint density at radius 3 is 2.31 bits per heavy atom. The monoisotopic (exact) mass is 443 g/mol. The van der Waals surface area contributed by atoms with E-state index >= 15 is 0 Å². The number of halogens is 3. The zero-order chi connectivity index (χ0) is 23.3. The van der Waals surface area contributed by atoms with Crippen LogP contribution in [0, 0.1) is 12.7 Å². The summed E-state index contributed by atoms with van der Waals surface area (Å²) in [6, 6.07) is 7.01. The molecule has 6 nitrogen and oxygen atoms in total. The van der Waals surface area contributed by atoms with E-state index in [1.165, 1.54) is 12.1 Å². The van der Waals surface area contributed by atoms with Crippen LogP contribution in [-0.4, -0.2) is 19.3 Å². The van der Waals surface area contributed by atoms with Crippen molar-refractivity contribution in [2.75, 3.05) is 5.32 Å². The van der Waals surface area contributed by atoms with Gasteiger partial charge in [-0.25, -0.2) is 18.0 Å². The molecule has 168 valence electrons. The van der Waals surface area contributed by atoms with Gasteiger partial charge in [-0.2, -0.15) is 5.10 Å². The third-order valence-corrected chi connectivity index (χ3v) is 5.80. The summed E-state index contributed by atoms with van der Waals surface area (Å²) in [7, 11) is 1.72. The summed E-state index contributed by atoms with van der Waals surface area (Å²) in [5, 5.41) is 13.1. The summed E-state index contributed by atoms with van der Waals surface area (Å²) in [5.74, 6) is -0.556. The third kappa shape index (κ3) is 3.41. The maximum Gasteiger partial charge on any atom is 0.329 e. The Morgan fingerprint density at radius 1 is 1.00 bits per heavy atom. The topological polar surface area (TPSA) is 64.7 Å². The van der Waals surface area contributed by atoms with Gasteiger partial charge in [-0.3, -0.25) is 9.13 Å². The number of nitrogens with one attached hydrogen (secondary N) is 1. The largest absolute Gasteiger partial charge is 0.361 e. The van der Waals surface area contributed by atoms with Crippen molar-refractivity contribution in [2.45, 2.75) is 46.2 Å². The van der Waals surface area contributed by atoms with Crippen LogP contribution in [-0.2, 0) is 7.05 Å². The zero-order valence-corrected chi connectivity index (χ0v) is 18.4. The number of alkyl halides is 2. The van der Waals surface area contributed by atoms with Crippen LogP contribution in [0.15, 0.2) is 35.1 Å². The van der Waals surface area contributed by atoms with Crippen molar-refractivity contribution in [3.8, 4) is 0 Å². The molecule has 1 N–H and O–H groups in total. The van der Waals surface area contributed by atoms with Gasteiger partial charge in [0.15, 0.2) is 5.82 Å². The zero-order valence-electron chi connectivity index (χ0n) is 18.4. The summed E-state index contributed by atoms with van der Waals surface area (Å²) < 4.78 is 44.2. The van der Waals surface area contributed by atoms with Crippen LogP contribution in [0.4, 0.5) is 19.0 Å². The van der Waals surface area contributed by atoms with Gasteiger partial charge in [0.2, 0.25) is 0 Å². The van der Waals surface area contributed by atoms with E-state index in [9.17, 15) is 18.0 Å². The molecular formula is C23H24F3N5O. The minimum Gasteiger partial charge on any atom is -0.361 e. The number of rotatable bonds is 5. The van der Waals surface area contributed by atoms with Crippen molar-refractivity contribution in [1.82, 2.24) is 19.3 Å². The lowest BCUT2D eigenvalue weighted by molar-refractivity contribution is 0.146. The summed E-state index contributed by atoms with van der Waals surface area (Å²) in [4.78, 5) is 12.7. The van der Waals surface area contributed by atoms with Gasteiger partial charge in [0.25, 0.3) is 6.43 Å². The van der Waals surface area contributed by atoms with Crippen molar-refractivity contribution in [2.24, 2.45) is 7.05 Å². The highest BCUT2D eigenvalue weighted by molar-refractivity contribution is 6.01. The number of nitrogens with zero attached hydrogens (tertiary/aromatic N) is 4. The fraction of sp³-hybridized carbons (Fsp3) is 0.348. The summed E-state index contributed by atoms with van der Waals surface area (Å²) in [5.41, 5.74) is 1.53. The second-order valence-corrected chi connectivity index (χ2v) is 8.24. The minimum absolute atomic E-state index is 0.0546. The first-order valence-corrected chi connectivity index (χ1v) is 10.3. The molecule has 2 heterocycles. The number of anilines is 1. The fourth-order valence-corrected chi connectivity index (χ4v) is 4.09. The number of imidazole rings is 1. The molecular weight excluding hydrogens is 419 g/mol. The standard InChI is InChI=1S/C23H24F3N5O/c1-11(2)31-19-10-17-16(9-18(19)30(5)23(31)32)13(4)28-29-22(17)27-12(3)14-7-6-8-15(20(14)24)21(25)26/h6-12,21H,1-5H3,(H,27,29)/t12-/m1/s1.